The molecule has 0 radical (unpaired) electrons. The molecule has 0 fully saturated rings. The van der Waals surface area contributed by atoms with Crippen molar-refractivity contribution in [3.05, 3.63) is 91.0 Å². The highest BCUT2D eigenvalue weighted by Crippen LogP contribution is 2.42. The van der Waals surface area contributed by atoms with E-state index in [4.69, 9.17) is 0 Å². The zero-order chi connectivity index (χ0) is 17.5. The first-order valence-corrected chi connectivity index (χ1v) is 10.1. The minimum absolute atomic E-state index is 1.27. The van der Waals surface area contributed by atoms with Crippen LogP contribution in [-0.2, 0) is 0 Å². The lowest BCUT2D eigenvalue weighted by Gasteiger charge is -2.08. The second-order valence-corrected chi connectivity index (χ2v) is 8.02. The molecule has 0 saturated heterocycles. The van der Waals surface area contributed by atoms with E-state index in [9.17, 15) is 0 Å². The standard InChI is InChI=1S/C24H17PS/c25-22-21-19-14-8-7-13-18(19)15-20(16-9-3-1-4-10-16)24(21)26-23(22)17-11-5-2-6-12-17/h1-15H,25H2. The molecule has 1 unspecified atom stereocenters. The third-order valence-electron chi connectivity index (χ3n) is 4.84. The van der Waals surface area contributed by atoms with Gasteiger partial charge in [-0.1, -0.05) is 84.9 Å². The maximum Gasteiger partial charge on any atom is 0.0440 e. The number of thiophene rings is 1. The van der Waals surface area contributed by atoms with Crippen molar-refractivity contribution in [1.29, 1.82) is 0 Å². The highest BCUT2D eigenvalue weighted by molar-refractivity contribution is 7.35. The number of fused-ring (bicyclic) bond motifs is 3. The second kappa shape index (κ2) is 6.36. The first-order chi connectivity index (χ1) is 12.8. The maximum absolute atomic E-state index is 3.00. The Hall–Kier alpha value is -2.47. The highest BCUT2D eigenvalue weighted by Gasteiger charge is 2.17. The average Bonchev–Trinajstić information content (AvgIpc) is 3.06. The molecular formula is C24H17PS. The molecule has 0 spiro atoms. The largest absolute Gasteiger partial charge is 0.134 e. The lowest BCUT2D eigenvalue weighted by Crippen LogP contribution is -1.92. The molecule has 0 aliphatic rings. The van der Waals surface area contributed by atoms with Crippen LogP contribution in [-0.4, -0.2) is 0 Å². The zero-order valence-electron chi connectivity index (χ0n) is 14.1. The van der Waals surface area contributed by atoms with E-state index in [1.54, 1.807) is 0 Å². The van der Waals surface area contributed by atoms with E-state index >= 15 is 0 Å². The summed E-state index contributed by atoms with van der Waals surface area (Å²) in [5.74, 6) is 0. The molecule has 0 aliphatic heterocycles. The van der Waals surface area contributed by atoms with Gasteiger partial charge in [0.1, 0.15) is 0 Å². The second-order valence-electron chi connectivity index (χ2n) is 6.43. The Morgan fingerprint density at radius 2 is 1.27 bits per heavy atom. The summed E-state index contributed by atoms with van der Waals surface area (Å²) in [6.45, 7) is 0. The van der Waals surface area contributed by atoms with Crippen molar-refractivity contribution in [2.24, 2.45) is 0 Å². The SMILES string of the molecule is Pc1c(-c2ccccc2)sc2c(-c3ccccc3)cc3ccccc3c12. The Morgan fingerprint density at radius 3 is 2.00 bits per heavy atom. The summed E-state index contributed by atoms with van der Waals surface area (Å²) in [6, 6.07) is 32.4. The van der Waals surface area contributed by atoms with Gasteiger partial charge in [0.2, 0.25) is 0 Å². The summed E-state index contributed by atoms with van der Waals surface area (Å²) in [4.78, 5) is 1.33. The van der Waals surface area contributed by atoms with Crippen LogP contribution in [0.3, 0.4) is 0 Å². The molecule has 0 bridgehead atoms. The van der Waals surface area contributed by atoms with Gasteiger partial charge in [-0.15, -0.1) is 20.6 Å². The van der Waals surface area contributed by atoms with E-state index < -0.39 is 0 Å². The Balaban J connectivity index is 1.93. The van der Waals surface area contributed by atoms with Gasteiger partial charge in [0.05, 0.1) is 0 Å². The molecule has 0 nitrogen and oxygen atoms in total. The van der Waals surface area contributed by atoms with E-state index in [1.165, 1.54) is 47.7 Å². The minimum Gasteiger partial charge on any atom is -0.134 e. The van der Waals surface area contributed by atoms with Gasteiger partial charge in [-0.05, 0) is 33.3 Å². The van der Waals surface area contributed by atoms with Crippen LogP contribution in [0, 0.1) is 0 Å². The quantitative estimate of drug-likeness (QED) is 0.298. The minimum atomic E-state index is 1.27. The molecule has 1 atom stereocenters. The molecule has 26 heavy (non-hydrogen) atoms. The Kier molecular flexibility index (Phi) is 3.85. The molecule has 124 valence electrons. The van der Waals surface area contributed by atoms with Crippen molar-refractivity contribution in [1.82, 2.24) is 0 Å². The normalized spacial score (nSPS) is 11.3. The smallest absolute Gasteiger partial charge is 0.0440 e. The third-order valence-corrected chi connectivity index (χ3v) is 6.91. The van der Waals surface area contributed by atoms with E-state index in [2.05, 4.69) is 100 Å². The fourth-order valence-corrected chi connectivity index (χ4v) is 5.64. The summed E-state index contributed by atoms with van der Waals surface area (Å²) in [7, 11) is 3.00. The van der Waals surface area contributed by atoms with Gasteiger partial charge in [0.15, 0.2) is 0 Å². The van der Waals surface area contributed by atoms with Crippen LogP contribution in [0.2, 0.25) is 0 Å². The topological polar surface area (TPSA) is 0 Å². The van der Waals surface area contributed by atoms with Crippen molar-refractivity contribution in [3.8, 4) is 21.6 Å². The van der Waals surface area contributed by atoms with Gasteiger partial charge >= 0.3 is 0 Å². The van der Waals surface area contributed by atoms with Gasteiger partial charge < -0.3 is 0 Å². The molecule has 1 heterocycles. The highest BCUT2D eigenvalue weighted by atomic mass is 32.1. The molecule has 1 aromatic heterocycles. The Labute approximate surface area is 159 Å². The zero-order valence-corrected chi connectivity index (χ0v) is 16.1. The fourth-order valence-electron chi connectivity index (χ4n) is 3.61. The van der Waals surface area contributed by atoms with E-state index in [0.29, 0.717) is 0 Å². The van der Waals surface area contributed by atoms with Crippen molar-refractivity contribution in [2.45, 2.75) is 0 Å². The first-order valence-electron chi connectivity index (χ1n) is 8.67. The van der Waals surface area contributed by atoms with Crippen LogP contribution in [0.25, 0.3) is 42.4 Å². The molecule has 5 rings (SSSR count). The molecule has 0 aliphatic carbocycles. The van der Waals surface area contributed by atoms with Crippen molar-refractivity contribution in [2.75, 3.05) is 0 Å². The lowest BCUT2D eigenvalue weighted by molar-refractivity contribution is 1.68. The van der Waals surface area contributed by atoms with Crippen molar-refractivity contribution < 1.29 is 0 Å². The monoisotopic (exact) mass is 368 g/mol. The van der Waals surface area contributed by atoms with Crippen molar-refractivity contribution in [3.63, 3.8) is 0 Å². The van der Waals surface area contributed by atoms with Gasteiger partial charge in [0, 0.05) is 20.5 Å². The molecule has 5 aromatic rings. The predicted molar refractivity (Wildman–Crippen MR) is 120 cm³/mol. The molecule has 0 saturated carbocycles. The number of rotatable bonds is 2. The lowest BCUT2D eigenvalue weighted by atomic mass is 9.98. The summed E-state index contributed by atoms with van der Waals surface area (Å²) in [5, 5.41) is 5.27. The number of hydrogen-bond donors (Lipinski definition) is 0. The first kappa shape index (κ1) is 15.8. The molecule has 0 N–H and O–H groups in total. The molecule has 2 heteroatoms. The molecule has 0 amide bonds. The van der Waals surface area contributed by atoms with Gasteiger partial charge in [-0.2, -0.15) is 0 Å². The fraction of sp³-hybridized carbons (Fsp3) is 0. The van der Waals surface area contributed by atoms with Crippen LogP contribution in [0.4, 0.5) is 0 Å². The summed E-state index contributed by atoms with van der Waals surface area (Å²) in [5.41, 5.74) is 3.87. The predicted octanol–water partition coefficient (Wildman–Crippen LogP) is 6.89. The van der Waals surface area contributed by atoms with Crippen LogP contribution in [0.15, 0.2) is 91.0 Å². The van der Waals surface area contributed by atoms with Gasteiger partial charge in [0.25, 0.3) is 0 Å². The van der Waals surface area contributed by atoms with Crippen LogP contribution < -0.4 is 5.30 Å². The summed E-state index contributed by atoms with van der Waals surface area (Å²) >= 11 is 1.89. The number of benzene rings is 4. The third kappa shape index (κ3) is 2.48. The molecule has 4 aromatic carbocycles. The van der Waals surface area contributed by atoms with Crippen LogP contribution >= 0.6 is 20.6 Å². The summed E-state index contributed by atoms with van der Waals surface area (Å²) in [6.07, 6.45) is 0. The summed E-state index contributed by atoms with van der Waals surface area (Å²) < 4.78 is 1.36. The van der Waals surface area contributed by atoms with E-state index in [0.717, 1.165) is 0 Å². The number of hydrogen-bond acceptors (Lipinski definition) is 1. The molecular weight excluding hydrogens is 351 g/mol. The van der Waals surface area contributed by atoms with Crippen LogP contribution in [0.5, 0.6) is 0 Å². The van der Waals surface area contributed by atoms with E-state index in [1.807, 2.05) is 11.3 Å². The average molecular weight is 368 g/mol. The Morgan fingerprint density at radius 1 is 0.654 bits per heavy atom. The Bertz CT molecular complexity index is 1220. The van der Waals surface area contributed by atoms with E-state index in [-0.39, 0.29) is 0 Å². The maximum atomic E-state index is 3.00. The van der Waals surface area contributed by atoms with Crippen molar-refractivity contribution >= 4 is 46.7 Å². The van der Waals surface area contributed by atoms with Gasteiger partial charge in [-0.3, -0.25) is 0 Å². The van der Waals surface area contributed by atoms with Crippen LogP contribution in [0.1, 0.15) is 0 Å². The van der Waals surface area contributed by atoms with Gasteiger partial charge in [-0.25, -0.2) is 0 Å².